The highest BCUT2D eigenvalue weighted by atomic mass is 16.5. The zero-order valence-corrected chi connectivity index (χ0v) is 12.9. The molecule has 1 aliphatic carbocycles. The predicted molar refractivity (Wildman–Crippen MR) is 82.2 cm³/mol. The van der Waals surface area contributed by atoms with Crippen molar-refractivity contribution in [1.29, 1.82) is 0 Å². The predicted octanol–water partition coefficient (Wildman–Crippen LogP) is 2.91. The Morgan fingerprint density at radius 3 is 2.71 bits per heavy atom. The van der Waals surface area contributed by atoms with Crippen molar-refractivity contribution in [2.75, 3.05) is 13.7 Å². The van der Waals surface area contributed by atoms with Crippen molar-refractivity contribution in [3.63, 3.8) is 0 Å². The van der Waals surface area contributed by atoms with Crippen molar-refractivity contribution >= 4 is 5.97 Å². The molecule has 0 heterocycles. The zero-order chi connectivity index (χ0) is 15.1. The molecule has 116 valence electrons. The van der Waals surface area contributed by atoms with Crippen molar-refractivity contribution in [3.8, 4) is 5.75 Å². The summed E-state index contributed by atoms with van der Waals surface area (Å²) in [5, 5.41) is 3.55. The number of nitrogens with one attached hydrogen (secondary N) is 1. The molecule has 2 rings (SSSR count). The highest BCUT2D eigenvalue weighted by Gasteiger charge is 2.27. The van der Waals surface area contributed by atoms with Crippen molar-refractivity contribution in [2.45, 2.75) is 45.2 Å². The van der Waals surface area contributed by atoms with Crippen LogP contribution in [0.3, 0.4) is 0 Å². The lowest BCUT2D eigenvalue weighted by Crippen LogP contribution is -2.36. The summed E-state index contributed by atoms with van der Waals surface area (Å²) in [6.45, 7) is 3.16. The van der Waals surface area contributed by atoms with Gasteiger partial charge in [-0.25, -0.2) is 0 Å². The van der Waals surface area contributed by atoms with Gasteiger partial charge in [-0.15, -0.1) is 0 Å². The summed E-state index contributed by atoms with van der Waals surface area (Å²) >= 11 is 0. The smallest absolute Gasteiger partial charge is 0.308 e. The van der Waals surface area contributed by atoms with Crippen molar-refractivity contribution in [3.05, 3.63) is 29.8 Å². The molecule has 0 bridgehead atoms. The Balaban J connectivity index is 1.80. The molecule has 0 aromatic heterocycles. The van der Waals surface area contributed by atoms with Gasteiger partial charge in [-0.3, -0.25) is 4.79 Å². The van der Waals surface area contributed by atoms with E-state index in [2.05, 4.69) is 17.4 Å². The number of benzene rings is 1. The lowest BCUT2D eigenvalue weighted by Gasteiger charge is -2.28. The fourth-order valence-electron chi connectivity index (χ4n) is 2.85. The van der Waals surface area contributed by atoms with E-state index in [1.165, 1.54) is 5.56 Å². The molecule has 0 amide bonds. The first-order valence-corrected chi connectivity index (χ1v) is 7.76. The largest absolute Gasteiger partial charge is 0.497 e. The monoisotopic (exact) mass is 291 g/mol. The fraction of sp³-hybridized carbons (Fsp3) is 0.588. The number of rotatable bonds is 6. The molecule has 2 unspecified atom stereocenters. The molecule has 21 heavy (non-hydrogen) atoms. The Morgan fingerprint density at radius 1 is 1.29 bits per heavy atom. The molecular weight excluding hydrogens is 266 g/mol. The topological polar surface area (TPSA) is 47.6 Å². The third kappa shape index (κ3) is 4.74. The summed E-state index contributed by atoms with van der Waals surface area (Å²) in [6, 6.07) is 8.48. The van der Waals surface area contributed by atoms with Gasteiger partial charge in [0.1, 0.15) is 5.75 Å². The second-order valence-corrected chi connectivity index (χ2v) is 5.54. The van der Waals surface area contributed by atoms with E-state index in [1.54, 1.807) is 7.11 Å². The van der Waals surface area contributed by atoms with E-state index in [9.17, 15) is 4.79 Å². The third-order valence-corrected chi connectivity index (χ3v) is 4.05. The second-order valence-electron chi connectivity index (χ2n) is 5.54. The minimum atomic E-state index is -0.0338. The maximum Gasteiger partial charge on any atom is 0.308 e. The molecule has 1 fully saturated rings. The number of hydrogen-bond acceptors (Lipinski definition) is 4. The quantitative estimate of drug-likeness (QED) is 0.819. The number of carbonyl (C=O) groups excluding carboxylic acids is 1. The standard InChI is InChI=1S/C17H25NO3/c1-3-21-17(19)14-5-4-6-15(11-14)18-12-13-7-9-16(20-2)10-8-13/h7-10,14-15,18H,3-6,11-12H2,1-2H3. The van der Waals surface area contributed by atoms with Gasteiger partial charge in [0.15, 0.2) is 0 Å². The van der Waals surface area contributed by atoms with E-state index in [4.69, 9.17) is 9.47 Å². The molecule has 1 aromatic rings. The normalized spacial score (nSPS) is 21.8. The minimum absolute atomic E-state index is 0.0338. The molecular formula is C17H25NO3. The summed E-state index contributed by atoms with van der Waals surface area (Å²) in [5.74, 6) is 0.902. The Labute approximate surface area is 126 Å². The van der Waals surface area contributed by atoms with Crippen LogP contribution in [-0.2, 0) is 16.1 Å². The van der Waals surface area contributed by atoms with E-state index < -0.39 is 0 Å². The van der Waals surface area contributed by atoms with Gasteiger partial charge >= 0.3 is 5.97 Å². The van der Waals surface area contributed by atoms with Crippen molar-refractivity contribution in [1.82, 2.24) is 5.32 Å². The van der Waals surface area contributed by atoms with Crippen LogP contribution in [0, 0.1) is 5.92 Å². The highest BCUT2D eigenvalue weighted by molar-refractivity contribution is 5.72. The summed E-state index contributed by atoms with van der Waals surface area (Å²) in [7, 11) is 1.67. The van der Waals surface area contributed by atoms with Gasteiger partial charge in [-0.1, -0.05) is 18.6 Å². The average molecular weight is 291 g/mol. The molecule has 4 nitrogen and oxygen atoms in total. The lowest BCUT2D eigenvalue weighted by molar-refractivity contribution is -0.149. The van der Waals surface area contributed by atoms with Gasteiger partial charge in [0.2, 0.25) is 0 Å². The maximum atomic E-state index is 11.8. The number of carbonyl (C=O) groups is 1. The van der Waals surface area contributed by atoms with E-state index in [0.29, 0.717) is 12.6 Å². The van der Waals surface area contributed by atoms with Crippen molar-refractivity contribution in [2.24, 2.45) is 5.92 Å². The molecule has 0 aliphatic heterocycles. The van der Waals surface area contributed by atoms with Crippen LogP contribution in [0.25, 0.3) is 0 Å². The molecule has 2 atom stereocenters. The fourth-order valence-corrected chi connectivity index (χ4v) is 2.85. The lowest BCUT2D eigenvalue weighted by atomic mass is 9.85. The van der Waals surface area contributed by atoms with Crippen LogP contribution < -0.4 is 10.1 Å². The second kappa shape index (κ2) is 8.03. The van der Waals surface area contributed by atoms with Gasteiger partial charge in [-0.2, -0.15) is 0 Å². The van der Waals surface area contributed by atoms with Crippen LogP contribution in [-0.4, -0.2) is 25.7 Å². The molecule has 0 saturated heterocycles. The van der Waals surface area contributed by atoms with E-state index in [-0.39, 0.29) is 11.9 Å². The Hall–Kier alpha value is -1.55. The van der Waals surface area contributed by atoms with Crippen LogP contribution >= 0.6 is 0 Å². The average Bonchev–Trinajstić information content (AvgIpc) is 2.54. The van der Waals surface area contributed by atoms with Gasteiger partial charge in [-0.05, 0) is 43.9 Å². The third-order valence-electron chi connectivity index (χ3n) is 4.05. The summed E-state index contributed by atoms with van der Waals surface area (Å²) < 4.78 is 10.3. The number of ether oxygens (including phenoxy) is 2. The highest BCUT2D eigenvalue weighted by Crippen LogP contribution is 2.25. The Kier molecular flexibility index (Phi) is 6.05. The maximum absolute atomic E-state index is 11.8. The van der Waals surface area contributed by atoms with Crippen molar-refractivity contribution < 1.29 is 14.3 Å². The minimum Gasteiger partial charge on any atom is -0.497 e. The first kappa shape index (κ1) is 15.8. The van der Waals surface area contributed by atoms with Crippen LogP contribution in [0.4, 0.5) is 0 Å². The molecule has 1 saturated carbocycles. The van der Waals surface area contributed by atoms with Crippen LogP contribution in [0.5, 0.6) is 5.75 Å². The molecule has 1 N–H and O–H groups in total. The molecule has 1 aliphatic rings. The SMILES string of the molecule is CCOC(=O)C1CCCC(NCc2ccc(OC)cc2)C1. The first-order valence-electron chi connectivity index (χ1n) is 7.76. The van der Waals surface area contributed by atoms with Crippen LogP contribution in [0.2, 0.25) is 0 Å². The van der Waals surface area contributed by atoms with Gasteiger partial charge in [0, 0.05) is 12.6 Å². The van der Waals surface area contributed by atoms with E-state index in [0.717, 1.165) is 38.0 Å². The summed E-state index contributed by atoms with van der Waals surface area (Å²) in [4.78, 5) is 11.8. The van der Waals surface area contributed by atoms with Gasteiger partial charge in [0.05, 0.1) is 19.6 Å². The van der Waals surface area contributed by atoms with E-state index >= 15 is 0 Å². The zero-order valence-electron chi connectivity index (χ0n) is 12.9. The molecule has 1 aromatic carbocycles. The first-order chi connectivity index (χ1) is 10.2. The Morgan fingerprint density at radius 2 is 2.05 bits per heavy atom. The van der Waals surface area contributed by atoms with Gasteiger partial charge < -0.3 is 14.8 Å². The summed E-state index contributed by atoms with van der Waals surface area (Å²) in [6.07, 6.45) is 4.06. The number of esters is 1. The van der Waals surface area contributed by atoms with Crippen LogP contribution in [0.15, 0.2) is 24.3 Å². The number of methoxy groups -OCH3 is 1. The molecule has 4 heteroatoms. The van der Waals surface area contributed by atoms with Crippen LogP contribution in [0.1, 0.15) is 38.2 Å². The van der Waals surface area contributed by atoms with E-state index in [1.807, 2.05) is 19.1 Å². The van der Waals surface area contributed by atoms with Gasteiger partial charge in [0.25, 0.3) is 0 Å². The summed E-state index contributed by atoms with van der Waals surface area (Å²) in [5.41, 5.74) is 1.23. The number of hydrogen-bond donors (Lipinski definition) is 1. The Bertz CT molecular complexity index is 444. The molecule has 0 radical (unpaired) electrons. The molecule has 0 spiro atoms.